The largest absolute Gasteiger partial charge is 0.493 e. The Morgan fingerprint density at radius 1 is 0.893 bits per heavy atom. The van der Waals surface area contributed by atoms with Crippen LogP contribution in [-0.2, 0) is 10.0 Å². The average molecular weight is 418 g/mol. The van der Waals surface area contributed by atoms with Crippen molar-refractivity contribution in [3.8, 4) is 33.1 Å². The minimum atomic E-state index is -3.59. The maximum absolute atomic E-state index is 11.9. The predicted octanol–water partition coefficient (Wildman–Crippen LogP) is 3.79. The zero-order valence-electron chi connectivity index (χ0n) is 15.6. The van der Waals surface area contributed by atoms with Gasteiger partial charge in [0.05, 0.1) is 20.5 Å². The molecule has 0 atom stereocenters. The van der Waals surface area contributed by atoms with Crippen LogP contribution in [0.15, 0.2) is 53.9 Å². The highest BCUT2D eigenvalue weighted by Gasteiger charge is 2.12. The molecule has 0 aliphatic heterocycles. The molecule has 0 unspecified atom stereocenters. The van der Waals surface area contributed by atoms with E-state index < -0.39 is 15.9 Å². The summed E-state index contributed by atoms with van der Waals surface area (Å²) in [5.41, 5.74) is 3.27. The van der Waals surface area contributed by atoms with E-state index in [9.17, 15) is 13.2 Å². The Labute approximate surface area is 167 Å². The molecule has 1 amide bonds. The van der Waals surface area contributed by atoms with Gasteiger partial charge in [0, 0.05) is 10.4 Å². The summed E-state index contributed by atoms with van der Waals surface area (Å²) in [4.78, 5) is 12.9. The van der Waals surface area contributed by atoms with E-state index in [0.717, 1.165) is 27.8 Å². The molecule has 0 fully saturated rings. The monoisotopic (exact) mass is 417 g/mol. The number of nitrogens with one attached hydrogen (secondary N) is 1. The Bertz CT molecular complexity index is 1100. The van der Waals surface area contributed by atoms with Gasteiger partial charge >= 0.3 is 0 Å². The fraction of sp³-hybridized carbons (Fsp3) is 0.150. The Morgan fingerprint density at radius 2 is 1.54 bits per heavy atom. The fourth-order valence-corrected chi connectivity index (χ4v) is 4.05. The smallest absolute Gasteiger partial charge is 0.264 e. The number of amides is 1. The zero-order chi connectivity index (χ0) is 20.3. The molecule has 1 N–H and O–H groups in total. The van der Waals surface area contributed by atoms with Gasteiger partial charge in [-0.2, -0.15) is 0 Å². The SMILES string of the molecule is COc1ccc(-c2csc(-c3ccc(C(=O)NS(C)(=O)=O)cc3)c2)cc1OC. The first-order valence-electron chi connectivity index (χ1n) is 8.24. The van der Waals surface area contributed by atoms with Crippen molar-refractivity contribution in [3.05, 3.63) is 59.5 Å². The molecular formula is C20H19NO5S2. The third-order valence-electron chi connectivity index (χ3n) is 4.03. The number of rotatable bonds is 6. The minimum Gasteiger partial charge on any atom is -0.493 e. The minimum absolute atomic E-state index is 0.283. The number of hydrogen-bond acceptors (Lipinski definition) is 6. The maximum atomic E-state index is 11.9. The van der Waals surface area contributed by atoms with Gasteiger partial charge < -0.3 is 9.47 Å². The van der Waals surface area contributed by atoms with Crippen LogP contribution in [0.1, 0.15) is 10.4 Å². The van der Waals surface area contributed by atoms with E-state index in [4.69, 9.17) is 9.47 Å². The molecule has 0 aliphatic rings. The summed E-state index contributed by atoms with van der Waals surface area (Å²) in [6.45, 7) is 0. The van der Waals surface area contributed by atoms with Gasteiger partial charge in [0.15, 0.2) is 11.5 Å². The molecule has 0 radical (unpaired) electrons. The van der Waals surface area contributed by atoms with Gasteiger partial charge in [-0.05, 0) is 52.4 Å². The number of carbonyl (C=O) groups is 1. The summed E-state index contributed by atoms with van der Waals surface area (Å²) in [6.07, 6.45) is 0.945. The van der Waals surface area contributed by atoms with Crippen molar-refractivity contribution in [3.63, 3.8) is 0 Å². The van der Waals surface area contributed by atoms with Crippen molar-refractivity contribution < 1.29 is 22.7 Å². The molecule has 0 aliphatic carbocycles. The zero-order valence-corrected chi connectivity index (χ0v) is 17.2. The van der Waals surface area contributed by atoms with E-state index in [2.05, 4.69) is 6.07 Å². The second kappa shape index (κ2) is 8.04. The third kappa shape index (κ3) is 4.52. The number of methoxy groups -OCH3 is 2. The molecule has 6 nitrogen and oxygen atoms in total. The molecule has 0 saturated carbocycles. The highest BCUT2D eigenvalue weighted by atomic mass is 32.2. The summed E-state index contributed by atoms with van der Waals surface area (Å²) in [7, 11) is -0.392. The Morgan fingerprint density at radius 3 is 2.14 bits per heavy atom. The number of hydrogen-bond donors (Lipinski definition) is 1. The van der Waals surface area contributed by atoms with Crippen LogP contribution in [0.3, 0.4) is 0 Å². The lowest BCUT2D eigenvalue weighted by molar-refractivity contribution is 0.0981. The van der Waals surface area contributed by atoms with Crippen LogP contribution < -0.4 is 14.2 Å². The summed E-state index contributed by atoms with van der Waals surface area (Å²) < 4.78 is 34.9. The maximum Gasteiger partial charge on any atom is 0.264 e. The second-order valence-electron chi connectivity index (χ2n) is 6.05. The van der Waals surface area contributed by atoms with E-state index in [1.807, 2.05) is 28.3 Å². The summed E-state index contributed by atoms with van der Waals surface area (Å²) in [5, 5.41) is 2.04. The van der Waals surface area contributed by atoms with Crippen molar-refractivity contribution in [1.29, 1.82) is 0 Å². The summed E-state index contributed by atoms with van der Waals surface area (Å²) in [5.74, 6) is 0.685. The lowest BCUT2D eigenvalue weighted by atomic mass is 10.1. The Hall–Kier alpha value is -2.84. The number of sulfonamides is 1. The molecule has 28 heavy (non-hydrogen) atoms. The topological polar surface area (TPSA) is 81.7 Å². The van der Waals surface area contributed by atoms with E-state index >= 15 is 0 Å². The normalized spacial score (nSPS) is 11.1. The van der Waals surface area contributed by atoms with Gasteiger partial charge in [-0.3, -0.25) is 4.79 Å². The van der Waals surface area contributed by atoms with E-state index in [1.165, 1.54) is 0 Å². The van der Waals surface area contributed by atoms with Crippen molar-refractivity contribution in [1.82, 2.24) is 4.72 Å². The molecule has 0 saturated heterocycles. The van der Waals surface area contributed by atoms with Gasteiger partial charge in [-0.15, -0.1) is 11.3 Å². The van der Waals surface area contributed by atoms with E-state index in [0.29, 0.717) is 11.5 Å². The number of thiophene rings is 1. The number of benzene rings is 2. The number of carbonyl (C=O) groups excluding carboxylic acids is 1. The van der Waals surface area contributed by atoms with Gasteiger partial charge in [0.1, 0.15) is 0 Å². The van der Waals surface area contributed by atoms with E-state index in [-0.39, 0.29) is 5.56 Å². The molecular weight excluding hydrogens is 398 g/mol. The molecule has 0 bridgehead atoms. The standard InChI is InChI=1S/C20H19NO5S2/c1-25-17-9-8-15(10-18(17)26-2)16-11-19(27-12-16)13-4-6-14(7-5-13)20(22)21-28(3,23)24/h4-12H,1-3H3,(H,21,22). The van der Waals surface area contributed by atoms with Crippen LogP contribution in [0.4, 0.5) is 0 Å². The fourth-order valence-electron chi connectivity index (χ4n) is 2.67. The quantitative estimate of drug-likeness (QED) is 0.660. The highest BCUT2D eigenvalue weighted by Crippen LogP contribution is 2.36. The predicted molar refractivity (Wildman–Crippen MR) is 111 cm³/mol. The number of ether oxygens (including phenoxy) is 2. The first-order chi connectivity index (χ1) is 13.3. The molecule has 3 rings (SSSR count). The first kappa shape index (κ1) is 19.9. The Balaban J connectivity index is 1.83. The van der Waals surface area contributed by atoms with Gasteiger partial charge in [0.25, 0.3) is 5.91 Å². The Kier molecular flexibility index (Phi) is 5.71. The first-order valence-corrected chi connectivity index (χ1v) is 11.0. The molecule has 0 spiro atoms. The van der Waals surface area contributed by atoms with Crippen molar-refractivity contribution in [2.45, 2.75) is 0 Å². The molecule has 146 valence electrons. The molecule has 1 aromatic heterocycles. The van der Waals surface area contributed by atoms with Crippen LogP contribution in [0.25, 0.3) is 21.6 Å². The van der Waals surface area contributed by atoms with Crippen molar-refractivity contribution >= 4 is 27.3 Å². The lowest BCUT2D eigenvalue weighted by Crippen LogP contribution is -2.29. The van der Waals surface area contributed by atoms with Crippen LogP contribution >= 0.6 is 11.3 Å². The lowest BCUT2D eigenvalue weighted by Gasteiger charge is -2.08. The van der Waals surface area contributed by atoms with Crippen molar-refractivity contribution in [2.75, 3.05) is 20.5 Å². The average Bonchev–Trinajstić information content (AvgIpc) is 3.16. The molecule has 8 heteroatoms. The van der Waals surface area contributed by atoms with Crippen LogP contribution in [0, 0.1) is 0 Å². The van der Waals surface area contributed by atoms with Crippen molar-refractivity contribution in [2.24, 2.45) is 0 Å². The third-order valence-corrected chi connectivity index (χ3v) is 5.56. The second-order valence-corrected chi connectivity index (χ2v) is 8.71. The van der Waals surface area contributed by atoms with Crippen LogP contribution in [0.2, 0.25) is 0 Å². The highest BCUT2D eigenvalue weighted by molar-refractivity contribution is 7.89. The summed E-state index contributed by atoms with van der Waals surface area (Å²) in [6, 6.07) is 14.6. The van der Waals surface area contributed by atoms with Crippen LogP contribution in [-0.4, -0.2) is 34.8 Å². The van der Waals surface area contributed by atoms with E-state index in [1.54, 1.807) is 49.8 Å². The molecule has 3 aromatic rings. The van der Waals surface area contributed by atoms with Gasteiger partial charge in [0.2, 0.25) is 10.0 Å². The van der Waals surface area contributed by atoms with Gasteiger partial charge in [-0.1, -0.05) is 18.2 Å². The van der Waals surface area contributed by atoms with Crippen LogP contribution in [0.5, 0.6) is 11.5 Å². The summed E-state index contributed by atoms with van der Waals surface area (Å²) >= 11 is 1.58. The van der Waals surface area contributed by atoms with Gasteiger partial charge in [-0.25, -0.2) is 13.1 Å². The molecule has 1 heterocycles. The molecule has 2 aromatic carbocycles.